The number of carbonyl (C=O) groups is 1. The van der Waals surface area contributed by atoms with E-state index in [1.807, 2.05) is 27.2 Å². The minimum absolute atomic E-state index is 0.00686. The van der Waals surface area contributed by atoms with Crippen LogP contribution in [0.5, 0.6) is 0 Å². The second-order valence-electron chi connectivity index (χ2n) is 23.1. The summed E-state index contributed by atoms with van der Waals surface area (Å²) in [4.78, 5) is 25.5. The van der Waals surface area contributed by atoms with Crippen molar-refractivity contribution in [2.75, 3.05) is 40.9 Å². The number of nitrogens with zero attached hydrogens (tertiary/aromatic N) is 1. The summed E-state index contributed by atoms with van der Waals surface area (Å²) in [5.41, 5.74) is 0. The summed E-state index contributed by atoms with van der Waals surface area (Å²) >= 11 is 0. The van der Waals surface area contributed by atoms with Gasteiger partial charge in [0.25, 0.3) is 7.82 Å². The quantitative estimate of drug-likeness (QED) is 0.0272. The van der Waals surface area contributed by atoms with Crippen molar-refractivity contribution >= 4 is 13.7 Å². The Morgan fingerprint density at radius 1 is 0.468 bits per heavy atom. The Morgan fingerprint density at radius 2 is 0.805 bits per heavy atom. The van der Waals surface area contributed by atoms with Crippen LogP contribution in [0.3, 0.4) is 0 Å². The molecule has 9 heteroatoms. The number of phosphoric ester groups is 1. The molecular formula is C68H125N2O6P. The van der Waals surface area contributed by atoms with E-state index in [0.29, 0.717) is 17.4 Å². The van der Waals surface area contributed by atoms with Crippen molar-refractivity contribution in [3.8, 4) is 0 Å². The molecule has 3 unspecified atom stereocenters. The van der Waals surface area contributed by atoms with Gasteiger partial charge in [-0.2, -0.15) is 0 Å². The maximum absolute atomic E-state index is 13.0. The van der Waals surface area contributed by atoms with Crippen molar-refractivity contribution in [1.29, 1.82) is 0 Å². The van der Waals surface area contributed by atoms with Gasteiger partial charge in [0.1, 0.15) is 13.2 Å². The van der Waals surface area contributed by atoms with Crippen molar-refractivity contribution in [1.82, 2.24) is 5.32 Å². The highest BCUT2D eigenvalue weighted by Crippen LogP contribution is 2.38. The summed E-state index contributed by atoms with van der Waals surface area (Å²) in [6.07, 6.45) is 82.7. The number of hydrogen-bond acceptors (Lipinski definition) is 6. The van der Waals surface area contributed by atoms with Crippen LogP contribution < -0.4 is 10.2 Å². The number of rotatable bonds is 59. The second-order valence-corrected chi connectivity index (χ2v) is 24.5. The highest BCUT2D eigenvalue weighted by molar-refractivity contribution is 7.45. The highest BCUT2D eigenvalue weighted by atomic mass is 31.2. The average Bonchev–Trinajstić information content (AvgIpc) is 3.39. The molecule has 0 saturated carbocycles. The zero-order chi connectivity index (χ0) is 56.3. The van der Waals surface area contributed by atoms with E-state index in [9.17, 15) is 19.4 Å². The van der Waals surface area contributed by atoms with Gasteiger partial charge in [0, 0.05) is 6.42 Å². The minimum atomic E-state index is -4.61. The molecule has 0 saturated heterocycles. The molecule has 0 heterocycles. The van der Waals surface area contributed by atoms with Crippen molar-refractivity contribution in [2.45, 2.75) is 302 Å². The normalized spacial score (nSPS) is 14.3. The van der Waals surface area contributed by atoms with E-state index in [0.717, 1.165) is 70.6 Å². The topological polar surface area (TPSA) is 108 Å². The molecule has 0 aliphatic carbocycles. The van der Waals surface area contributed by atoms with Crippen LogP contribution in [0.25, 0.3) is 0 Å². The van der Waals surface area contributed by atoms with Crippen LogP contribution in [0.2, 0.25) is 0 Å². The maximum atomic E-state index is 13.0. The zero-order valence-electron chi connectivity index (χ0n) is 51.1. The number of hydrogen-bond donors (Lipinski definition) is 2. The lowest BCUT2D eigenvalue weighted by Gasteiger charge is -2.29. The van der Waals surface area contributed by atoms with Gasteiger partial charge in [0.15, 0.2) is 0 Å². The lowest BCUT2D eigenvalue weighted by atomic mass is 10.0. The Hall–Kier alpha value is -2.32. The largest absolute Gasteiger partial charge is 0.756 e. The Balaban J connectivity index is 3.96. The van der Waals surface area contributed by atoms with Gasteiger partial charge in [0.2, 0.25) is 5.91 Å². The first-order chi connectivity index (χ1) is 37.5. The van der Waals surface area contributed by atoms with E-state index in [1.165, 1.54) is 199 Å². The van der Waals surface area contributed by atoms with Gasteiger partial charge >= 0.3 is 0 Å². The molecule has 0 aliphatic heterocycles. The first-order valence-electron chi connectivity index (χ1n) is 32.4. The summed E-state index contributed by atoms with van der Waals surface area (Å²) < 4.78 is 23.4. The number of nitrogens with one attached hydrogen (secondary N) is 1. The highest BCUT2D eigenvalue weighted by Gasteiger charge is 2.23. The Kier molecular flexibility index (Phi) is 56.6. The third kappa shape index (κ3) is 61.2. The van der Waals surface area contributed by atoms with Crippen molar-refractivity contribution in [2.24, 2.45) is 0 Å². The predicted octanol–water partition coefficient (Wildman–Crippen LogP) is 19.7. The van der Waals surface area contributed by atoms with Crippen molar-refractivity contribution < 1.29 is 32.9 Å². The molecule has 2 N–H and O–H groups in total. The lowest BCUT2D eigenvalue weighted by Crippen LogP contribution is -2.45. The summed E-state index contributed by atoms with van der Waals surface area (Å²) in [6, 6.07) is -0.905. The van der Waals surface area contributed by atoms with Crippen molar-refractivity contribution in [3.05, 3.63) is 85.1 Å². The van der Waals surface area contributed by atoms with E-state index >= 15 is 0 Å². The van der Waals surface area contributed by atoms with Crippen LogP contribution in [0.1, 0.15) is 290 Å². The molecule has 77 heavy (non-hydrogen) atoms. The number of amides is 1. The van der Waals surface area contributed by atoms with E-state index in [1.54, 1.807) is 6.08 Å². The fourth-order valence-corrected chi connectivity index (χ4v) is 10.0. The average molecular weight is 1100 g/mol. The molecule has 0 aromatic rings. The second kappa shape index (κ2) is 58.3. The van der Waals surface area contributed by atoms with Crippen LogP contribution in [0.4, 0.5) is 0 Å². The van der Waals surface area contributed by atoms with Gasteiger partial charge in [-0.25, -0.2) is 0 Å². The third-order valence-electron chi connectivity index (χ3n) is 14.3. The minimum Gasteiger partial charge on any atom is -0.756 e. The van der Waals surface area contributed by atoms with Gasteiger partial charge in [-0.3, -0.25) is 9.36 Å². The standard InChI is InChI=1S/C68H125N2O6P/c1-6-8-10-12-14-16-18-20-22-24-25-26-27-28-29-30-31-32-33-34-35-36-37-38-39-40-41-42-43-44-45-46-48-50-52-54-56-58-60-62-68(72)69-66(65-76-77(73,74)75-64-63-70(3,4)5)67(71)61-59-57-55-53-51-49-47-23-21-19-17-15-13-11-9-7-2/h8,10,14,16,20,22,25-26,28-29,51,53,59,61,66-67,71H,6-7,9,11-13,15,17-19,21,23-24,27,30-50,52,54-58,60,62-65H2,1-5H3,(H-,69,72,73,74)/b10-8-,16-14-,22-20-,26-25-,29-28-,53-51+,61-59+. The molecule has 8 nitrogen and oxygen atoms in total. The fraction of sp³-hybridized carbons (Fsp3) is 0.779. The zero-order valence-corrected chi connectivity index (χ0v) is 52.0. The maximum Gasteiger partial charge on any atom is 0.268 e. The number of carbonyl (C=O) groups excluding carboxylic acids is 1. The molecular weight excluding hydrogens is 972 g/mol. The van der Waals surface area contributed by atoms with Crippen LogP contribution in [0.15, 0.2) is 85.1 Å². The Morgan fingerprint density at radius 3 is 1.21 bits per heavy atom. The number of aliphatic hydroxyl groups excluding tert-OH is 1. The van der Waals surface area contributed by atoms with E-state index in [-0.39, 0.29) is 12.5 Å². The number of aliphatic hydroxyl groups is 1. The Labute approximate surface area is 477 Å². The molecule has 0 aromatic carbocycles. The fourth-order valence-electron chi connectivity index (χ4n) is 9.32. The molecule has 0 fully saturated rings. The van der Waals surface area contributed by atoms with E-state index < -0.39 is 26.6 Å². The van der Waals surface area contributed by atoms with Crippen LogP contribution in [0, 0.1) is 0 Å². The molecule has 0 spiro atoms. The number of allylic oxidation sites excluding steroid dienone is 13. The summed E-state index contributed by atoms with van der Waals surface area (Å²) in [5, 5.41) is 13.9. The summed E-state index contributed by atoms with van der Waals surface area (Å²) in [5.74, 6) is -0.205. The van der Waals surface area contributed by atoms with Crippen LogP contribution in [-0.2, 0) is 18.4 Å². The van der Waals surface area contributed by atoms with E-state index in [2.05, 4.69) is 92.1 Å². The molecule has 0 radical (unpaired) electrons. The summed E-state index contributed by atoms with van der Waals surface area (Å²) in [7, 11) is 1.25. The predicted molar refractivity (Wildman–Crippen MR) is 334 cm³/mol. The first kappa shape index (κ1) is 74.7. The SMILES string of the molecule is CC/C=C\C/C=C\C/C=C\C/C=C\C/C=C\CCCCCCCCCCCCCCCCCCCCCCCCCC(=O)NC(COP(=O)([O-])OCC[N+](C)(C)C)C(O)/C=C/CC/C=C/CCCCCCCCCCCC. The lowest BCUT2D eigenvalue weighted by molar-refractivity contribution is -0.870. The monoisotopic (exact) mass is 1100 g/mol. The molecule has 0 aliphatic rings. The van der Waals surface area contributed by atoms with Gasteiger partial charge < -0.3 is 28.8 Å². The smallest absolute Gasteiger partial charge is 0.268 e. The molecule has 1 amide bonds. The number of quaternary nitrogens is 1. The van der Waals surface area contributed by atoms with Crippen molar-refractivity contribution in [3.63, 3.8) is 0 Å². The Bertz CT molecular complexity index is 1530. The number of likely N-dealkylation sites (N-methyl/N-ethyl adjacent to an activating group) is 1. The third-order valence-corrected chi connectivity index (χ3v) is 15.3. The summed E-state index contributed by atoms with van der Waals surface area (Å²) in [6.45, 7) is 4.53. The van der Waals surface area contributed by atoms with Gasteiger partial charge in [-0.1, -0.05) is 292 Å². The van der Waals surface area contributed by atoms with Gasteiger partial charge in [-0.05, 0) is 77.0 Å². The van der Waals surface area contributed by atoms with E-state index in [4.69, 9.17) is 9.05 Å². The molecule has 3 atom stereocenters. The molecule has 448 valence electrons. The first-order valence-corrected chi connectivity index (χ1v) is 33.9. The number of phosphoric acid groups is 1. The van der Waals surface area contributed by atoms with Gasteiger partial charge in [-0.15, -0.1) is 0 Å². The molecule has 0 bridgehead atoms. The van der Waals surface area contributed by atoms with Crippen LogP contribution in [-0.4, -0.2) is 68.5 Å². The number of unbranched alkanes of at least 4 members (excludes halogenated alkanes) is 34. The molecule has 0 aromatic heterocycles. The van der Waals surface area contributed by atoms with Crippen LogP contribution >= 0.6 is 7.82 Å². The van der Waals surface area contributed by atoms with Gasteiger partial charge in [0.05, 0.1) is 39.9 Å². The molecule has 0 rings (SSSR count).